The number of rotatable bonds is 7. The van der Waals surface area contributed by atoms with Crippen molar-refractivity contribution in [3.63, 3.8) is 0 Å². The van der Waals surface area contributed by atoms with Crippen LogP contribution in [0.25, 0.3) is 0 Å². The van der Waals surface area contributed by atoms with Crippen LogP contribution in [0.2, 0.25) is 0 Å². The average Bonchev–Trinajstić information content (AvgIpc) is 3.08. The summed E-state index contributed by atoms with van der Waals surface area (Å²) in [5.74, 6) is -1.56. The van der Waals surface area contributed by atoms with E-state index in [-0.39, 0.29) is 25.9 Å². The predicted octanol–water partition coefficient (Wildman–Crippen LogP) is 3.05. The fourth-order valence-corrected chi connectivity index (χ4v) is 4.51. The highest BCUT2D eigenvalue weighted by Crippen LogP contribution is 2.42. The van der Waals surface area contributed by atoms with E-state index in [1.165, 1.54) is 16.8 Å². The lowest BCUT2D eigenvalue weighted by Crippen LogP contribution is -2.35. The number of hydrogen-bond donors (Lipinski definition) is 0. The van der Waals surface area contributed by atoms with Crippen LogP contribution in [0.4, 0.5) is 11.4 Å². The second-order valence-electron chi connectivity index (χ2n) is 7.82. The predicted molar refractivity (Wildman–Crippen MR) is 111 cm³/mol. The molecule has 1 aromatic rings. The normalized spacial score (nSPS) is 18.4. The van der Waals surface area contributed by atoms with E-state index in [1.807, 2.05) is 0 Å². The molecule has 0 spiro atoms. The van der Waals surface area contributed by atoms with Gasteiger partial charge in [-0.05, 0) is 54.9 Å². The summed E-state index contributed by atoms with van der Waals surface area (Å²) in [6.07, 6.45) is 4.67. The maximum Gasteiger partial charge on any atom is 0.333 e. The first-order chi connectivity index (χ1) is 15.1. The Morgan fingerprint density at radius 3 is 2.55 bits per heavy atom. The Labute approximate surface area is 180 Å². The van der Waals surface area contributed by atoms with E-state index in [0.29, 0.717) is 11.5 Å². The van der Waals surface area contributed by atoms with E-state index >= 15 is 0 Å². The highest BCUT2D eigenvalue weighted by atomic mass is 16.7. The van der Waals surface area contributed by atoms with Gasteiger partial charge in [0.15, 0.2) is 6.67 Å². The number of imide groups is 1. The van der Waals surface area contributed by atoms with Gasteiger partial charge in [-0.15, -0.1) is 5.06 Å². The fourth-order valence-electron chi connectivity index (χ4n) is 4.51. The highest BCUT2D eigenvalue weighted by Gasteiger charge is 2.33. The molecule has 0 atom stereocenters. The Hall–Kier alpha value is -3.17. The molecule has 1 fully saturated rings. The number of amides is 2. The van der Waals surface area contributed by atoms with Gasteiger partial charge in [-0.2, -0.15) is 20.5 Å². The number of aryl methyl sites for hydroxylation is 1. The van der Waals surface area contributed by atoms with E-state index in [9.17, 15) is 14.4 Å². The van der Waals surface area contributed by atoms with E-state index in [2.05, 4.69) is 31.4 Å². The van der Waals surface area contributed by atoms with Gasteiger partial charge in [-0.3, -0.25) is 9.59 Å². The van der Waals surface area contributed by atoms with Gasteiger partial charge in [0.1, 0.15) is 0 Å². The van der Waals surface area contributed by atoms with Crippen molar-refractivity contribution in [2.75, 3.05) is 31.7 Å². The largest absolute Gasteiger partial charge is 0.371 e. The summed E-state index contributed by atoms with van der Waals surface area (Å²) < 4.78 is 0. The van der Waals surface area contributed by atoms with Gasteiger partial charge in [-0.25, -0.2) is 4.79 Å². The molecular formula is C21H26N6O4. The SMILES string of the molecule is CN=NCN=Nc1cc2c3c(c1CCC(=O)ON1C(=O)CCC1=O)CCCN3CCC2. The van der Waals surface area contributed by atoms with Gasteiger partial charge in [0, 0.05) is 38.7 Å². The minimum atomic E-state index is -0.608. The summed E-state index contributed by atoms with van der Waals surface area (Å²) in [5.41, 5.74) is 5.48. The number of hydroxylamine groups is 2. The van der Waals surface area contributed by atoms with Crippen LogP contribution in [-0.4, -0.2) is 49.7 Å². The summed E-state index contributed by atoms with van der Waals surface area (Å²) in [6.45, 7) is 2.23. The monoisotopic (exact) mass is 426 g/mol. The van der Waals surface area contributed by atoms with Crippen molar-refractivity contribution in [2.24, 2.45) is 20.5 Å². The Morgan fingerprint density at radius 1 is 1.06 bits per heavy atom. The zero-order valence-electron chi connectivity index (χ0n) is 17.7. The summed E-state index contributed by atoms with van der Waals surface area (Å²) in [5, 5.41) is 16.6. The summed E-state index contributed by atoms with van der Waals surface area (Å²) in [6, 6.07) is 2.07. The molecule has 10 heteroatoms. The zero-order chi connectivity index (χ0) is 21.8. The quantitative estimate of drug-likeness (QED) is 0.491. The van der Waals surface area contributed by atoms with Crippen molar-refractivity contribution in [1.29, 1.82) is 0 Å². The topological polar surface area (TPSA) is 116 Å². The molecule has 1 aromatic carbocycles. The molecule has 0 aliphatic carbocycles. The van der Waals surface area contributed by atoms with Crippen molar-refractivity contribution in [1.82, 2.24) is 5.06 Å². The first kappa shape index (κ1) is 21.1. The fraction of sp³-hybridized carbons (Fsp3) is 0.571. The molecule has 3 heterocycles. The first-order valence-electron chi connectivity index (χ1n) is 10.7. The van der Waals surface area contributed by atoms with Crippen molar-refractivity contribution < 1.29 is 19.2 Å². The molecular weight excluding hydrogens is 400 g/mol. The number of benzene rings is 1. The third-order valence-corrected chi connectivity index (χ3v) is 5.84. The second kappa shape index (κ2) is 9.32. The number of anilines is 1. The smallest absolute Gasteiger partial charge is 0.333 e. The molecule has 31 heavy (non-hydrogen) atoms. The number of hydrogen-bond acceptors (Lipinski definition) is 9. The lowest BCUT2D eigenvalue weighted by Gasteiger charge is -2.38. The van der Waals surface area contributed by atoms with Crippen molar-refractivity contribution in [3.05, 3.63) is 22.8 Å². The Kier molecular flexibility index (Phi) is 6.34. The molecule has 0 bridgehead atoms. The molecule has 0 unspecified atom stereocenters. The van der Waals surface area contributed by atoms with Crippen LogP contribution < -0.4 is 4.90 Å². The van der Waals surface area contributed by atoms with Gasteiger partial charge in [-0.1, -0.05) is 0 Å². The van der Waals surface area contributed by atoms with Gasteiger partial charge in [0.05, 0.1) is 12.1 Å². The average molecular weight is 426 g/mol. The van der Waals surface area contributed by atoms with Crippen LogP contribution in [0.15, 0.2) is 26.5 Å². The van der Waals surface area contributed by atoms with Crippen LogP contribution in [0.3, 0.4) is 0 Å². The lowest BCUT2D eigenvalue weighted by molar-refractivity contribution is -0.197. The molecule has 3 aliphatic heterocycles. The number of azo groups is 2. The van der Waals surface area contributed by atoms with Gasteiger partial charge in [0.2, 0.25) is 0 Å². The van der Waals surface area contributed by atoms with Crippen molar-refractivity contribution in [2.45, 2.75) is 51.4 Å². The Morgan fingerprint density at radius 2 is 1.81 bits per heavy atom. The minimum absolute atomic E-state index is 0.0417. The third-order valence-electron chi connectivity index (χ3n) is 5.84. The highest BCUT2D eigenvalue weighted by molar-refractivity contribution is 6.01. The molecule has 0 saturated carbocycles. The maximum atomic E-state index is 12.4. The van der Waals surface area contributed by atoms with Crippen LogP contribution >= 0.6 is 0 Å². The number of nitrogens with zero attached hydrogens (tertiary/aromatic N) is 6. The standard InChI is InChI=1S/C21H26N6O4/c1-22-23-13-24-25-17-12-14-4-2-10-26-11-3-5-16(21(14)26)15(17)6-9-20(30)31-27-18(28)7-8-19(27)29/h12H,2-11,13H2,1H3. The summed E-state index contributed by atoms with van der Waals surface area (Å²) in [7, 11) is 1.58. The van der Waals surface area contributed by atoms with Crippen molar-refractivity contribution >= 4 is 29.2 Å². The van der Waals surface area contributed by atoms with Crippen LogP contribution in [0.1, 0.15) is 48.8 Å². The molecule has 4 rings (SSSR count). The molecule has 3 aliphatic rings. The number of carbonyl (C=O) groups is 3. The molecule has 0 N–H and O–H groups in total. The third kappa shape index (κ3) is 4.47. The van der Waals surface area contributed by atoms with Crippen molar-refractivity contribution in [3.8, 4) is 0 Å². The Balaban J connectivity index is 1.58. The van der Waals surface area contributed by atoms with Gasteiger partial charge >= 0.3 is 5.97 Å². The molecule has 10 nitrogen and oxygen atoms in total. The molecule has 164 valence electrons. The van der Waals surface area contributed by atoms with Gasteiger partial charge in [0.25, 0.3) is 11.8 Å². The minimum Gasteiger partial charge on any atom is -0.371 e. The van der Waals surface area contributed by atoms with Crippen LogP contribution in [0.5, 0.6) is 0 Å². The molecule has 0 aromatic heterocycles. The van der Waals surface area contributed by atoms with Gasteiger partial charge < -0.3 is 9.74 Å². The van der Waals surface area contributed by atoms with E-state index in [4.69, 9.17) is 4.84 Å². The summed E-state index contributed by atoms with van der Waals surface area (Å²) in [4.78, 5) is 43.2. The second-order valence-corrected chi connectivity index (χ2v) is 7.82. The Bertz CT molecular complexity index is 940. The van der Waals surface area contributed by atoms with E-state index in [1.54, 1.807) is 7.05 Å². The first-order valence-corrected chi connectivity index (χ1v) is 10.7. The zero-order valence-corrected chi connectivity index (χ0v) is 17.7. The lowest BCUT2D eigenvalue weighted by atomic mass is 9.86. The maximum absolute atomic E-state index is 12.4. The number of carbonyl (C=O) groups excluding carboxylic acids is 3. The molecule has 2 amide bonds. The molecule has 1 saturated heterocycles. The molecule has 0 radical (unpaired) electrons. The van der Waals surface area contributed by atoms with E-state index in [0.717, 1.165) is 50.0 Å². The van der Waals surface area contributed by atoms with E-state index < -0.39 is 17.8 Å². The van der Waals surface area contributed by atoms with Crippen LogP contribution in [-0.2, 0) is 38.5 Å². The summed E-state index contributed by atoms with van der Waals surface area (Å²) >= 11 is 0. The van der Waals surface area contributed by atoms with Crippen LogP contribution in [0, 0.1) is 0 Å².